The minimum absolute atomic E-state index is 0.0492. The topological polar surface area (TPSA) is 132 Å². The lowest BCUT2D eigenvalue weighted by Gasteiger charge is -2.31. The second-order valence-electron chi connectivity index (χ2n) is 7.28. The number of methoxy groups -OCH3 is 1. The second-order valence-corrected chi connectivity index (χ2v) is 9.08. The van der Waals surface area contributed by atoms with Crippen molar-refractivity contribution in [2.45, 2.75) is 18.6 Å². The van der Waals surface area contributed by atoms with Crippen molar-refractivity contribution < 1.29 is 24.0 Å². The molecule has 0 saturated carbocycles. The van der Waals surface area contributed by atoms with Gasteiger partial charge in [-0.3, -0.25) is 19.7 Å². The molecule has 1 N–H and O–H groups in total. The van der Waals surface area contributed by atoms with Crippen molar-refractivity contribution in [3.8, 4) is 11.8 Å². The van der Waals surface area contributed by atoms with Crippen LogP contribution in [-0.4, -0.2) is 30.5 Å². The summed E-state index contributed by atoms with van der Waals surface area (Å²) in [5.74, 6) is -3.26. The number of carbonyl (C=O) groups is 2. The number of thioether (sulfide) groups is 1. The smallest absolute Gasteiger partial charge is 0.319 e. The van der Waals surface area contributed by atoms with E-state index in [1.54, 1.807) is 19.1 Å². The zero-order valence-electron chi connectivity index (χ0n) is 18.5. The van der Waals surface area contributed by atoms with Crippen LogP contribution in [0.15, 0.2) is 47.0 Å². The number of carbonyl (C=O) groups excluding carboxylic acids is 2. The van der Waals surface area contributed by atoms with E-state index < -0.39 is 28.6 Å². The summed E-state index contributed by atoms with van der Waals surface area (Å²) in [7, 11) is 1.15. The Bertz CT molecular complexity index is 1220. The number of benzene rings is 2. The SMILES string of the molecule is CCOc1c(Cl)cc([C@H]2C(C#N)=C(SCc3ccc([N+](=O)[O-])cc3)NC(=O)[C@@H]2C(=O)OC)cc1Cl. The summed E-state index contributed by atoms with van der Waals surface area (Å²) in [5, 5.41) is 24.1. The van der Waals surface area contributed by atoms with Crippen LogP contribution < -0.4 is 10.1 Å². The maximum atomic E-state index is 13.0. The summed E-state index contributed by atoms with van der Waals surface area (Å²) < 4.78 is 10.3. The third-order valence-electron chi connectivity index (χ3n) is 5.18. The van der Waals surface area contributed by atoms with Gasteiger partial charge in [-0.1, -0.05) is 35.3 Å². The predicted molar refractivity (Wildman–Crippen MR) is 131 cm³/mol. The molecule has 3 rings (SSSR count). The first-order chi connectivity index (χ1) is 16.7. The van der Waals surface area contributed by atoms with E-state index in [-0.39, 0.29) is 32.1 Å². The fraction of sp³-hybridized carbons (Fsp3) is 0.261. The Kier molecular flexibility index (Phi) is 8.62. The molecule has 1 aliphatic heterocycles. The quantitative estimate of drug-likeness (QED) is 0.217. The van der Waals surface area contributed by atoms with Gasteiger partial charge in [0.2, 0.25) is 5.91 Å². The molecule has 2 aromatic carbocycles. The Labute approximate surface area is 215 Å². The van der Waals surface area contributed by atoms with Crippen LogP contribution in [-0.2, 0) is 20.1 Å². The number of nitro benzene ring substituents is 1. The molecule has 0 aromatic heterocycles. The van der Waals surface area contributed by atoms with Crippen molar-refractivity contribution in [1.29, 1.82) is 5.26 Å². The van der Waals surface area contributed by atoms with Crippen LogP contribution in [0.3, 0.4) is 0 Å². The van der Waals surface area contributed by atoms with Gasteiger partial charge in [0.1, 0.15) is 5.92 Å². The lowest BCUT2D eigenvalue weighted by Crippen LogP contribution is -2.44. The fourth-order valence-electron chi connectivity index (χ4n) is 3.59. The first kappa shape index (κ1) is 26.3. The minimum atomic E-state index is -1.34. The van der Waals surface area contributed by atoms with Gasteiger partial charge in [0.25, 0.3) is 5.69 Å². The first-order valence-corrected chi connectivity index (χ1v) is 12.0. The number of hydrogen-bond acceptors (Lipinski definition) is 8. The summed E-state index contributed by atoms with van der Waals surface area (Å²) in [4.78, 5) is 35.9. The van der Waals surface area contributed by atoms with E-state index in [1.165, 1.54) is 24.3 Å². The third kappa shape index (κ3) is 5.70. The molecule has 0 spiro atoms. The number of nitriles is 1. The van der Waals surface area contributed by atoms with Crippen LogP contribution in [0.2, 0.25) is 10.0 Å². The predicted octanol–water partition coefficient (Wildman–Crippen LogP) is 4.97. The van der Waals surface area contributed by atoms with Crippen molar-refractivity contribution >= 4 is 52.5 Å². The number of nitrogens with zero attached hydrogens (tertiary/aromatic N) is 2. The molecule has 1 aliphatic rings. The maximum absolute atomic E-state index is 13.0. The van der Waals surface area contributed by atoms with Gasteiger partial charge in [0, 0.05) is 23.8 Å². The average molecular weight is 536 g/mol. The number of halogens is 2. The number of allylic oxidation sites excluding steroid dienone is 1. The monoisotopic (exact) mass is 535 g/mol. The van der Waals surface area contributed by atoms with E-state index in [4.69, 9.17) is 32.7 Å². The molecule has 0 unspecified atom stereocenters. The molecule has 9 nitrogen and oxygen atoms in total. The van der Waals surface area contributed by atoms with Crippen molar-refractivity contribution in [1.82, 2.24) is 5.32 Å². The fourth-order valence-corrected chi connectivity index (χ4v) is 5.21. The van der Waals surface area contributed by atoms with E-state index in [0.29, 0.717) is 17.9 Å². The van der Waals surface area contributed by atoms with Gasteiger partial charge in [-0.05, 0) is 30.2 Å². The number of nitro groups is 1. The number of non-ortho nitro benzene ring substituents is 1. The first-order valence-electron chi connectivity index (χ1n) is 10.2. The number of nitrogens with one attached hydrogen (secondary N) is 1. The number of ether oxygens (including phenoxy) is 2. The standard InChI is InChI=1S/C23H19Cl2N3O6S/c1-3-34-20-16(24)8-13(9-17(20)25)18-15(10-26)22(27-21(29)19(18)23(30)33-2)35-11-12-4-6-14(7-5-12)28(31)32/h4-9,18-19H,3,11H2,1-2H3,(H,27,29)/t18-,19+/m0/s1. The zero-order chi connectivity index (χ0) is 25.7. The Morgan fingerprint density at radius 2 is 1.89 bits per heavy atom. The maximum Gasteiger partial charge on any atom is 0.319 e. The zero-order valence-corrected chi connectivity index (χ0v) is 20.9. The normalized spacial score (nSPS) is 17.4. The van der Waals surface area contributed by atoms with Crippen LogP contribution in [0.4, 0.5) is 5.69 Å². The minimum Gasteiger partial charge on any atom is -0.491 e. The highest BCUT2D eigenvalue weighted by molar-refractivity contribution is 8.02. The van der Waals surface area contributed by atoms with Gasteiger partial charge in [-0.25, -0.2) is 0 Å². The van der Waals surface area contributed by atoms with Crippen LogP contribution in [0.1, 0.15) is 24.0 Å². The Balaban J connectivity index is 2.04. The molecule has 2 aromatic rings. The molecule has 12 heteroatoms. The third-order valence-corrected chi connectivity index (χ3v) is 6.83. The molecule has 2 atom stereocenters. The van der Waals surface area contributed by atoms with Crippen LogP contribution >= 0.6 is 35.0 Å². The molecule has 0 saturated heterocycles. The molecule has 1 amide bonds. The van der Waals surface area contributed by atoms with Gasteiger partial charge in [0.05, 0.1) is 45.4 Å². The van der Waals surface area contributed by atoms with Crippen molar-refractivity contribution in [2.24, 2.45) is 5.92 Å². The van der Waals surface area contributed by atoms with Crippen LogP contribution in [0, 0.1) is 27.4 Å². The lowest BCUT2D eigenvalue weighted by atomic mass is 9.78. The Hall–Kier alpha value is -3.26. The molecule has 35 heavy (non-hydrogen) atoms. The van der Waals surface area contributed by atoms with Crippen molar-refractivity contribution in [3.63, 3.8) is 0 Å². The molecule has 0 fully saturated rings. The second kappa shape index (κ2) is 11.4. The van der Waals surface area contributed by atoms with Gasteiger partial charge in [-0.2, -0.15) is 5.26 Å². The highest BCUT2D eigenvalue weighted by Crippen LogP contribution is 2.44. The lowest BCUT2D eigenvalue weighted by molar-refractivity contribution is -0.384. The highest BCUT2D eigenvalue weighted by Gasteiger charge is 2.44. The Morgan fingerprint density at radius 1 is 1.26 bits per heavy atom. The summed E-state index contributed by atoms with van der Waals surface area (Å²) in [6.45, 7) is 2.09. The van der Waals surface area contributed by atoms with E-state index in [9.17, 15) is 25.0 Å². The molecule has 0 radical (unpaired) electrons. The van der Waals surface area contributed by atoms with E-state index in [1.807, 2.05) is 0 Å². The molecular formula is C23H19Cl2N3O6S. The summed E-state index contributed by atoms with van der Waals surface area (Å²) in [5.41, 5.74) is 1.19. The number of esters is 1. The summed E-state index contributed by atoms with van der Waals surface area (Å²) in [6, 6.07) is 11.0. The molecule has 0 bridgehead atoms. The number of hydrogen-bond donors (Lipinski definition) is 1. The van der Waals surface area contributed by atoms with Crippen LogP contribution in [0.5, 0.6) is 5.75 Å². The van der Waals surface area contributed by atoms with Gasteiger partial charge in [0.15, 0.2) is 5.75 Å². The van der Waals surface area contributed by atoms with Crippen molar-refractivity contribution in [2.75, 3.05) is 13.7 Å². The number of amides is 1. The van der Waals surface area contributed by atoms with Gasteiger partial charge in [-0.15, -0.1) is 11.8 Å². The molecule has 1 heterocycles. The van der Waals surface area contributed by atoms with Crippen molar-refractivity contribution in [3.05, 3.63) is 78.3 Å². The van der Waals surface area contributed by atoms with E-state index in [2.05, 4.69) is 11.4 Å². The summed E-state index contributed by atoms with van der Waals surface area (Å²) >= 11 is 13.9. The summed E-state index contributed by atoms with van der Waals surface area (Å²) in [6.07, 6.45) is 0. The highest BCUT2D eigenvalue weighted by atomic mass is 35.5. The van der Waals surface area contributed by atoms with E-state index in [0.717, 1.165) is 24.4 Å². The Morgan fingerprint density at radius 3 is 2.40 bits per heavy atom. The van der Waals surface area contributed by atoms with Crippen LogP contribution in [0.25, 0.3) is 0 Å². The van der Waals surface area contributed by atoms with Gasteiger partial charge < -0.3 is 14.8 Å². The van der Waals surface area contributed by atoms with E-state index >= 15 is 0 Å². The molecule has 182 valence electrons. The largest absolute Gasteiger partial charge is 0.491 e. The van der Waals surface area contributed by atoms with Gasteiger partial charge >= 0.3 is 5.97 Å². The molecule has 0 aliphatic carbocycles. The number of rotatable bonds is 8. The molecular weight excluding hydrogens is 517 g/mol. The average Bonchev–Trinajstić information content (AvgIpc) is 2.84.